The third-order valence-corrected chi connectivity index (χ3v) is 6.40. The average molecular weight is 466 g/mol. The predicted octanol–water partition coefficient (Wildman–Crippen LogP) is 3.46. The number of carbonyl (C=O) groups excluding carboxylic acids is 2. The number of aryl methyl sites for hydroxylation is 1. The lowest BCUT2D eigenvalue weighted by Crippen LogP contribution is -2.48. The fourth-order valence-corrected chi connectivity index (χ4v) is 4.23. The second-order valence-electron chi connectivity index (χ2n) is 7.86. The normalized spacial score (nSPS) is 14.2. The zero-order valence-electron chi connectivity index (χ0n) is 18.8. The van der Waals surface area contributed by atoms with E-state index in [0.29, 0.717) is 16.3 Å². The van der Waals surface area contributed by atoms with Gasteiger partial charge in [0.2, 0.25) is 5.01 Å². The highest BCUT2D eigenvalue weighted by molar-refractivity contribution is 7.13. The van der Waals surface area contributed by atoms with Crippen LogP contribution in [0.25, 0.3) is 0 Å². The van der Waals surface area contributed by atoms with Gasteiger partial charge in [0.1, 0.15) is 12.4 Å². The van der Waals surface area contributed by atoms with Crippen molar-refractivity contribution in [2.75, 3.05) is 38.0 Å². The summed E-state index contributed by atoms with van der Waals surface area (Å²) in [6.07, 6.45) is 0. The van der Waals surface area contributed by atoms with Crippen LogP contribution in [0.15, 0.2) is 48.5 Å². The van der Waals surface area contributed by atoms with Gasteiger partial charge in [0.05, 0.1) is 0 Å². The first-order chi connectivity index (χ1) is 16.0. The molecule has 1 fully saturated rings. The second kappa shape index (κ2) is 10.5. The van der Waals surface area contributed by atoms with Crippen molar-refractivity contribution in [2.45, 2.75) is 20.5 Å². The lowest BCUT2D eigenvalue weighted by molar-refractivity contribution is 0.0643. The Morgan fingerprint density at radius 2 is 1.82 bits per heavy atom. The van der Waals surface area contributed by atoms with Gasteiger partial charge in [-0.15, -0.1) is 10.2 Å². The molecule has 2 aromatic carbocycles. The molecule has 0 bridgehead atoms. The first kappa shape index (κ1) is 22.9. The molecule has 3 aromatic rings. The highest BCUT2D eigenvalue weighted by Crippen LogP contribution is 2.18. The maximum absolute atomic E-state index is 12.7. The van der Waals surface area contributed by atoms with Crippen LogP contribution in [0.3, 0.4) is 0 Å². The van der Waals surface area contributed by atoms with Gasteiger partial charge in [-0.25, -0.2) is 0 Å². The van der Waals surface area contributed by atoms with Crippen LogP contribution in [0.1, 0.15) is 37.7 Å². The topological polar surface area (TPSA) is 87.7 Å². The minimum Gasteiger partial charge on any atom is -0.486 e. The van der Waals surface area contributed by atoms with Gasteiger partial charge in [-0.1, -0.05) is 30.4 Å². The molecule has 0 radical (unpaired) electrons. The maximum atomic E-state index is 12.7. The number of piperazine rings is 1. The summed E-state index contributed by atoms with van der Waals surface area (Å²) in [5, 5.41) is 11.7. The third-order valence-electron chi connectivity index (χ3n) is 5.51. The summed E-state index contributed by atoms with van der Waals surface area (Å²) >= 11 is 1.19. The Morgan fingerprint density at radius 3 is 2.52 bits per heavy atom. The van der Waals surface area contributed by atoms with Crippen LogP contribution >= 0.6 is 11.3 Å². The van der Waals surface area contributed by atoms with Crippen molar-refractivity contribution in [1.29, 1.82) is 0 Å². The second-order valence-corrected chi connectivity index (χ2v) is 8.93. The van der Waals surface area contributed by atoms with Crippen molar-refractivity contribution in [2.24, 2.45) is 0 Å². The number of amides is 2. The van der Waals surface area contributed by atoms with Gasteiger partial charge in [-0.3, -0.25) is 9.59 Å². The molecule has 1 aliphatic heterocycles. The van der Waals surface area contributed by atoms with Crippen molar-refractivity contribution in [1.82, 2.24) is 20.0 Å². The molecule has 4 rings (SSSR count). The Labute approximate surface area is 197 Å². The largest absolute Gasteiger partial charge is 0.486 e. The summed E-state index contributed by atoms with van der Waals surface area (Å²) in [5.41, 5.74) is 2.32. The van der Waals surface area contributed by atoms with Crippen LogP contribution in [0.2, 0.25) is 0 Å². The maximum Gasteiger partial charge on any atom is 0.286 e. The predicted molar refractivity (Wildman–Crippen MR) is 128 cm³/mol. The molecule has 9 heteroatoms. The van der Waals surface area contributed by atoms with E-state index in [1.165, 1.54) is 11.3 Å². The number of benzene rings is 2. The molecule has 0 spiro atoms. The number of nitrogens with one attached hydrogen (secondary N) is 1. The van der Waals surface area contributed by atoms with Gasteiger partial charge < -0.3 is 19.9 Å². The monoisotopic (exact) mass is 465 g/mol. The van der Waals surface area contributed by atoms with E-state index in [-0.39, 0.29) is 23.4 Å². The van der Waals surface area contributed by atoms with Crippen LogP contribution in [0.5, 0.6) is 5.75 Å². The Kier molecular flexibility index (Phi) is 7.31. The van der Waals surface area contributed by atoms with E-state index < -0.39 is 0 Å². The molecule has 0 atom stereocenters. The number of ether oxygens (including phenoxy) is 1. The molecule has 1 saturated heterocycles. The summed E-state index contributed by atoms with van der Waals surface area (Å²) in [5.74, 6) is 0.424. The zero-order valence-corrected chi connectivity index (χ0v) is 19.6. The summed E-state index contributed by atoms with van der Waals surface area (Å²) < 4.78 is 5.72. The molecule has 2 amide bonds. The highest BCUT2D eigenvalue weighted by Gasteiger charge is 2.21. The molecule has 0 aliphatic carbocycles. The molecule has 172 valence electrons. The molecule has 1 N–H and O–H groups in total. The number of carbonyl (C=O) groups is 2. The molecule has 8 nitrogen and oxygen atoms in total. The van der Waals surface area contributed by atoms with Gasteiger partial charge in [0.15, 0.2) is 5.01 Å². The van der Waals surface area contributed by atoms with E-state index in [0.717, 1.165) is 44.0 Å². The van der Waals surface area contributed by atoms with Crippen LogP contribution in [0.4, 0.5) is 5.69 Å². The van der Waals surface area contributed by atoms with Gasteiger partial charge in [-0.2, -0.15) is 0 Å². The van der Waals surface area contributed by atoms with Crippen molar-refractivity contribution in [3.63, 3.8) is 0 Å². The van der Waals surface area contributed by atoms with E-state index in [4.69, 9.17) is 4.74 Å². The van der Waals surface area contributed by atoms with Crippen LogP contribution < -0.4 is 10.1 Å². The minimum absolute atomic E-state index is 0.0194. The van der Waals surface area contributed by atoms with E-state index >= 15 is 0 Å². The molecular weight excluding hydrogens is 438 g/mol. The standard InChI is InChI=1S/C24H27N5O3S/c1-3-28-11-13-29(14-12-28)24(31)18-7-9-19(10-8-18)25-22(30)23-27-26-21(33-23)16-32-20-6-4-5-17(2)15-20/h4-10,15H,3,11-14,16H2,1-2H3,(H,25,30). The summed E-state index contributed by atoms with van der Waals surface area (Å²) in [6, 6.07) is 14.7. The Morgan fingerprint density at radius 1 is 1.06 bits per heavy atom. The van der Waals surface area contributed by atoms with Crippen LogP contribution in [-0.2, 0) is 6.61 Å². The van der Waals surface area contributed by atoms with Crippen molar-refractivity contribution >= 4 is 28.8 Å². The van der Waals surface area contributed by atoms with Crippen molar-refractivity contribution < 1.29 is 14.3 Å². The molecule has 0 unspecified atom stereocenters. The zero-order chi connectivity index (χ0) is 23.2. The number of hydrogen-bond donors (Lipinski definition) is 1. The quantitative estimate of drug-likeness (QED) is 0.575. The molecule has 1 aliphatic rings. The number of aromatic nitrogens is 2. The number of rotatable bonds is 7. The van der Waals surface area contributed by atoms with E-state index in [1.54, 1.807) is 24.3 Å². The minimum atomic E-state index is -0.343. The molecule has 1 aromatic heterocycles. The SMILES string of the molecule is CCN1CCN(C(=O)c2ccc(NC(=O)c3nnc(COc4cccc(C)c4)s3)cc2)CC1. The highest BCUT2D eigenvalue weighted by atomic mass is 32.1. The van der Waals surface area contributed by atoms with E-state index in [2.05, 4.69) is 27.3 Å². The number of nitrogens with zero attached hydrogens (tertiary/aromatic N) is 4. The number of likely N-dealkylation sites (N-methyl/N-ethyl adjacent to an activating group) is 1. The first-order valence-electron chi connectivity index (χ1n) is 11.0. The van der Waals surface area contributed by atoms with E-state index in [1.807, 2.05) is 36.1 Å². The molecule has 0 saturated carbocycles. The van der Waals surface area contributed by atoms with Crippen molar-refractivity contribution in [3.05, 3.63) is 69.7 Å². The number of anilines is 1. The smallest absolute Gasteiger partial charge is 0.286 e. The van der Waals surface area contributed by atoms with E-state index in [9.17, 15) is 9.59 Å². The third kappa shape index (κ3) is 5.94. The van der Waals surface area contributed by atoms with Crippen LogP contribution in [-0.4, -0.2) is 64.5 Å². The van der Waals surface area contributed by atoms with Crippen LogP contribution in [0, 0.1) is 6.92 Å². The molecule has 2 heterocycles. The fourth-order valence-electron chi connectivity index (χ4n) is 3.58. The molecule has 33 heavy (non-hydrogen) atoms. The summed E-state index contributed by atoms with van der Waals surface area (Å²) in [7, 11) is 0. The first-order valence-corrected chi connectivity index (χ1v) is 11.8. The Bertz CT molecular complexity index is 1110. The van der Waals surface area contributed by atoms with Gasteiger partial charge in [0.25, 0.3) is 11.8 Å². The van der Waals surface area contributed by atoms with Gasteiger partial charge >= 0.3 is 0 Å². The van der Waals surface area contributed by atoms with Gasteiger partial charge in [0, 0.05) is 37.4 Å². The summed E-state index contributed by atoms with van der Waals surface area (Å²) in [4.78, 5) is 29.5. The summed E-state index contributed by atoms with van der Waals surface area (Å²) in [6.45, 7) is 8.65. The Balaban J connectivity index is 1.30. The van der Waals surface area contributed by atoms with Gasteiger partial charge in [-0.05, 0) is 55.4 Å². The lowest BCUT2D eigenvalue weighted by Gasteiger charge is -2.34. The lowest BCUT2D eigenvalue weighted by atomic mass is 10.1. The number of hydrogen-bond acceptors (Lipinski definition) is 7. The Hall–Kier alpha value is -3.30. The van der Waals surface area contributed by atoms with Crippen molar-refractivity contribution in [3.8, 4) is 5.75 Å². The average Bonchev–Trinajstić information content (AvgIpc) is 3.32. The molecular formula is C24H27N5O3S. The fraction of sp³-hybridized carbons (Fsp3) is 0.333.